The molecule has 7 rings (SSSR count). The molecule has 0 atom stereocenters. The predicted molar refractivity (Wildman–Crippen MR) is 167 cm³/mol. The number of hydrogen-bond acceptors (Lipinski definition) is 2. The molecule has 6 aromatic rings. The van der Waals surface area contributed by atoms with E-state index in [-0.39, 0.29) is 17.7 Å². The molecule has 200 valence electrons. The van der Waals surface area contributed by atoms with Gasteiger partial charge in [-0.15, -0.1) is 0 Å². The van der Waals surface area contributed by atoms with Crippen LogP contribution in [0.25, 0.3) is 38.1 Å². The van der Waals surface area contributed by atoms with Gasteiger partial charge in [-0.2, -0.15) is 0 Å². The highest BCUT2D eigenvalue weighted by molar-refractivity contribution is 6.24. The summed E-state index contributed by atoms with van der Waals surface area (Å²) >= 11 is 0. The van der Waals surface area contributed by atoms with Gasteiger partial charge in [-0.05, 0) is 47.2 Å². The minimum absolute atomic E-state index is 0.0892. The SMILES string of the molecule is CC(C)c1cccc(C(C)C)c1[N+]1=[C-]N(c2cc3c4ccccc4n4c5ccccc5c(c2)c34)CC(C)(C)C1=O. The third-order valence-corrected chi connectivity index (χ3v) is 8.62. The van der Waals surface area contributed by atoms with Gasteiger partial charge in [0.1, 0.15) is 0 Å². The van der Waals surface area contributed by atoms with Gasteiger partial charge in [0.25, 0.3) is 0 Å². The van der Waals surface area contributed by atoms with Crippen molar-refractivity contribution >= 4 is 61.7 Å². The number of hydrogen-bond donors (Lipinski definition) is 0. The van der Waals surface area contributed by atoms with Gasteiger partial charge in [0, 0.05) is 21.5 Å². The molecule has 40 heavy (non-hydrogen) atoms. The van der Waals surface area contributed by atoms with E-state index in [4.69, 9.17) is 0 Å². The van der Waals surface area contributed by atoms with Gasteiger partial charge in [-0.25, -0.2) is 0 Å². The molecule has 4 aromatic carbocycles. The number of rotatable bonds is 4. The third-order valence-electron chi connectivity index (χ3n) is 8.62. The molecule has 0 bridgehead atoms. The molecular weight excluding hydrogens is 490 g/mol. The summed E-state index contributed by atoms with van der Waals surface area (Å²) in [5.41, 5.74) is 7.50. The highest BCUT2D eigenvalue weighted by Gasteiger charge is 2.39. The molecule has 2 aromatic heterocycles. The molecule has 0 radical (unpaired) electrons. The Hall–Kier alpha value is -4.18. The van der Waals surface area contributed by atoms with Crippen molar-refractivity contribution in [1.29, 1.82) is 0 Å². The summed E-state index contributed by atoms with van der Waals surface area (Å²) in [5, 5.41) is 4.94. The standard InChI is InChI=1S/C36H35N3O/c1-22(2)25-14-11-15-26(23(3)4)33(25)38-21-37(20-36(5,6)35(38)40)24-18-29-27-12-7-9-16-31(27)39-32-17-10-8-13-28(32)30(19-24)34(29)39/h7-19,22-23H,20H2,1-6H3. The predicted octanol–water partition coefficient (Wildman–Crippen LogP) is 8.71. The van der Waals surface area contributed by atoms with Gasteiger partial charge in [-0.1, -0.05) is 96.1 Å². The topological polar surface area (TPSA) is 27.7 Å². The number of amides is 1. The van der Waals surface area contributed by atoms with Gasteiger partial charge in [-0.3, -0.25) is 4.58 Å². The molecule has 0 fully saturated rings. The highest BCUT2D eigenvalue weighted by Crippen LogP contribution is 2.43. The van der Waals surface area contributed by atoms with Gasteiger partial charge < -0.3 is 14.1 Å². The van der Waals surface area contributed by atoms with E-state index in [1.807, 2.05) is 4.58 Å². The van der Waals surface area contributed by atoms with Crippen LogP contribution in [0.2, 0.25) is 0 Å². The average Bonchev–Trinajstić information content (AvgIpc) is 3.45. The van der Waals surface area contributed by atoms with Gasteiger partial charge in [0.05, 0.1) is 39.9 Å². The molecule has 0 N–H and O–H groups in total. The number of carbonyl (C=O) groups excluding carboxylic acids is 1. The Morgan fingerprint density at radius 3 is 1.80 bits per heavy atom. The lowest BCUT2D eigenvalue weighted by molar-refractivity contribution is -0.378. The number of anilines is 1. The van der Waals surface area contributed by atoms with Gasteiger partial charge >= 0.3 is 0 Å². The van der Waals surface area contributed by atoms with Gasteiger partial charge in [0.15, 0.2) is 0 Å². The van der Waals surface area contributed by atoms with E-state index in [9.17, 15) is 4.79 Å². The third kappa shape index (κ3) is 3.45. The smallest absolute Gasteiger partial charge is 0.247 e. The van der Waals surface area contributed by atoms with Crippen LogP contribution in [0.1, 0.15) is 64.5 Å². The second kappa shape index (κ2) is 8.66. The second-order valence-corrected chi connectivity index (χ2v) is 12.6. The van der Waals surface area contributed by atoms with Crippen molar-refractivity contribution in [3.05, 3.63) is 90.0 Å². The van der Waals surface area contributed by atoms with Crippen LogP contribution in [0.5, 0.6) is 0 Å². The van der Waals surface area contributed by atoms with E-state index >= 15 is 0 Å². The Balaban J connectivity index is 1.53. The van der Waals surface area contributed by atoms with E-state index in [0.29, 0.717) is 6.54 Å². The normalized spacial score (nSPS) is 15.9. The first-order valence-corrected chi connectivity index (χ1v) is 14.4. The molecule has 3 heterocycles. The van der Waals surface area contributed by atoms with E-state index in [2.05, 4.69) is 136 Å². The molecule has 0 unspecified atom stereocenters. The number of para-hydroxylation sites is 3. The van der Waals surface area contributed by atoms with Crippen LogP contribution in [0, 0.1) is 5.41 Å². The largest absolute Gasteiger partial charge is 0.308 e. The van der Waals surface area contributed by atoms with Crippen molar-refractivity contribution in [1.82, 2.24) is 4.40 Å². The fraction of sp³-hybridized carbons (Fsp3) is 0.278. The summed E-state index contributed by atoms with van der Waals surface area (Å²) in [7, 11) is 0. The quantitative estimate of drug-likeness (QED) is 0.170. The molecular formula is C36H35N3O. The number of benzene rings is 4. The lowest BCUT2D eigenvalue weighted by Gasteiger charge is -2.37. The number of carbonyl (C=O) groups is 1. The molecule has 1 aliphatic rings. The minimum Gasteiger partial charge on any atom is -0.308 e. The Morgan fingerprint density at radius 1 is 0.750 bits per heavy atom. The average molecular weight is 526 g/mol. The Morgan fingerprint density at radius 2 is 1.27 bits per heavy atom. The minimum atomic E-state index is -0.592. The van der Waals surface area contributed by atoms with Crippen molar-refractivity contribution in [2.45, 2.75) is 53.4 Å². The lowest BCUT2D eigenvalue weighted by atomic mass is 9.87. The van der Waals surface area contributed by atoms with Gasteiger partial charge in [0.2, 0.25) is 12.2 Å². The molecule has 4 nitrogen and oxygen atoms in total. The van der Waals surface area contributed by atoms with E-state index < -0.39 is 5.41 Å². The van der Waals surface area contributed by atoms with E-state index in [0.717, 1.165) is 11.4 Å². The first kappa shape index (κ1) is 24.8. The first-order valence-electron chi connectivity index (χ1n) is 14.4. The fourth-order valence-corrected chi connectivity index (χ4v) is 6.63. The maximum absolute atomic E-state index is 14.0. The number of fused-ring (bicyclic) bond motifs is 6. The molecule has 1 aliphatic heterocycles. The van der Waals surface area contributed by atoms with Crippen molar-refractivity contribution in [2.75, 3.05) is 11.4 Å². The van der Waals surface area contributed by atoms with Crippen LogP contribution in [0.15, 0.2) is 78.9 Å². The number of aromatic nitrogens is 1. The van der Waals surface area contributed by atoms with Crippen LogP contribution in [-0.2, 0) is 4.79 Å². The Kier molecular flexibility index (Phi) is 5.38. The van der Waals surface area contributed by atoms with Crippen LogP contribution >= 0.6 is 0 Å². The first-order chi connectivity index (χ1) is 19.2. The van der Waals surface area contributed by atoms with Crippen molar-refractivity contribution in [2.24, 2.45) is 5.41 Å². The van der Waals surface area contributed by atoms with Crippen LogP contribution < -0.4 is 4.90 Å². The zero-order valence-electron chi connectivity index (χ0n) is 24.1. The van der Waals surface area contributed by atoms with Crippen molar-refractivity contribution in [3.63, 3.8) is 0 Å². The molecule has 4 heteroatoms. The van der Waals surface area contributed by atoms with E-state index in [1.165, 1.54) is 49.2 Å². The molecule has 1 amide bonds. The molecule has 0 saturated carbocycles. The maximum atomic E-state index is 14.0. The summed E-state index contributed by atoms with van der Waals surface area (Å²) in [6.45, 7) is 13.5. The highest BCUT2D eigenvalue weighted by atomic mass is 16.2. The zero-order chi connectivity index (χ0) is 27.9. The Bertz CT molecular complexity index is 1880. The molecule has 0 aliphatic carbocycles. The van der Waals surface area contributed by atoms with Crippen LogP contribution in [0.3, 0.4) is 0 Å². The van der Waals surface area contributed by atoms with Crippen LogP contribution in [-0.4, -0.2) is 27.8 Å². The van der Waals surface area contributed by atoms with Crippen molar-refractivity contribution in [3.8, 4) is 0 Å². The zero-order valence-corrected chi connectivity index (χ0v) is 24.1. The molecule has 0 saturated heterocycles. The summed E-state index contributed by atoms with van der Waals surface area (Å²) in [5.74, 6) is 0.647. The second-order valence-electron chi connectivity index (χ2n) is 12.6. The Labute approximate surface area is 235 Å². The summed E-state index contributed by atoms with van der Waals surface area (Å²) < 4.78 is 4.23. The fourth-order valence-electron chi connectivity index (χ4n) is 6.63. The van der Waals surface area contributed by atoms with E-state index in [1.54, 1.807) is 0 Å². The van der Waals surface area contributed by atoms with Crippen LogP contribution in [0.4, 0.5) is 11.4 Å². The maximum Gasteiger partial charge on any atom is 0.247 e. The summed E-state index contributed by atoms with van der Waals surface area (Å²) in [6, 6.07) is 28.3. The summed E-state index contributed by atoms with van der Waals surface area (Å²) in [6.07, 6.45) is 3.59. The monoisotopic (exact) mass is 525 g/mol. The molecule has 0 spiro atoms. The van der Waals surface area contributed by atoms with Crippen molar-refractivity contribution < 1.29 is 9.37 Å². The number of nitrogens with zero attached hydrogens (tertiary/aromatic N) is 3. The lowest BCUT2D eigenvalue weighted by Crippen LogP contribution is -2.50. The summed E-state index contributed by atoms with van der Waals surface area (Å²) in [4.78, 5) is 16.2.